The van der Waals surface area contributed by atoms with Gasteiger partial charge in [-0.3, -0.25) is 4.79 Å². The first-order valence-corrected chi connectivity index (χ1v) is 10.0. The van der Waals surface area contributed by atoms with Crippen LogP contribution in [0.15, 0.2) is 28.4 Å². The summed E-state index contributed by atoms with van der Waals surface area (Å²) < 4.78 is 1.59. The van der Waals surface area contributed by atoms with Crippen molar-refractivity contribution < 1.29 is 0 Å². The fourth-order valence-electron chi connectivity index (χ4n) is 3.39. The Labute approximate surface area is 153 Å². The van der Waals surface area contributed by atoms with E-state index in [1.165, 1.54) is 29.7 Å². The minimum atomic E-state index is -0.0291. The van der Waals surface area contributed by atoms with E-state index >= 15 is 0 Å². The monoisotopic (exact) mass is 360 g/mol. The summed E-state index contributed by atoms with van der Waals surface area (Å²) in [5.74, 6) is 0.923. The summed E-state index contributed by atoms with van der Waals surface area (Å²) in [6.45, 7) is 9.04. The molecule has 2 aromatic heterocycles. The van der Waals surface area contributed by atoms with Crippen LogP contribution in [0.2, 0.25) is 0 Å². The molecule has 3 heterocycles. The Morgan fingerprint density at radius 2 is 2.16 bits per heavy atom. The van der Waals surface area contributed by atoms with Crippen LogP contribution < -0.4 is 15.8 Å². The lowest BCUT2D eigenvalue weighted by atomic mass is 10.0. The van der Waals surface area contributed by atoms with E-state index < -0.39 is 0 Å². The maximum atomic E-state index is 12.0. The lowest BCUT2D eigenvalue weighted by molar-refractivity contribution is 0.423. The van der Waals surface area contributed by atoms with Gasteiger partial charge in [0, 0.05) is 36.6 Å². The minimum Gasteiger partial charge on any atom is -0.351 e. The number of hydrogen-bond donors (Lipinski definition) is 1. The molecule has 1 N–H and O–H groups in total. The van der Waals surface area contributed by atoms with E-state index in [2.05, 4.69) is 33.7 Å². The van der Waals surface area contributed by atoms with Gasteiger partial charge in [-0.05, 0) is 63.1 Å². The molecule has 1 aliphatic rings. The average Bonchev–Trinajstić information content (AvgIpc) is 3.01. The number of nitrogens with zero attached hydrogens (tertiary/aromatic N) is 3. The van der Waals surface area contributed by atoms with E-state index in [0.29, 0.717) is 6.04 Å². The molecule has 0 bridgehead atoms. The fraction of sp³-hybridized carbons (Fsp3) is 0.579. The van der Waals surface area contributed by atoms with Crippen molar-refractivity contribution in [2.75, 3.05) is 18.0 Å². The van der Waals surface area contributed by atoms with Gasteiger partial charge in [-0.1, -0.05) is 0 Å². The molecule has 1 unspecified atom stereocenters. The second-order valence-corrected chi connectivity index (χ2v) is 8.07. The Morgan fingerprint density at radius 3 is 2.88 bits per heavy atom. The normalized spacial score (nSPS) is 18.1. The summed E-state index contributed by atoms with van der Waals surface area (Å²) >= 11 is 1.81. The molecule has 2 aromatic rings. The number of thiophene rings is 1. The molecule has 0 spiro atoms. The summed E-state index contributed by atoms with van der Waals surface area (Å²) in [6.07, 6.45) is 3.60. The molecule has 1 atom stereocenters. The standard InChI is InChI=1S/C19H28N4OS/c1-14(2)23-19(24)8-7-18(21-23)22-10-5-4-6-16(22)12-20-13-17-15(3)9-11-25-17/h7-9,11,14,16,20H,4-6,10,12-13H2,1-3H3. The van der Waals surface area contributed by atoms with E-state index in [9.17, 15) is 4.79 Å². The van der Waals surface area contributed by atoms with E-state index in [1.807, 2.05) is 31.3 Å². The number of hydrogen-bond acceptors (Lipinski definition) is 5. The van der Waals surface area contributed by atoms with Crippen molar-refractivity contribution in [2.45, 2.75) is 58.7 Å². The molecule has 0 amide bonds. The predicted molar refractivity (Wildman–Crippen MR) is 105 cm³/mol. The molecule has 0 aromatic carbocycles. The topological polar surface area (TPSA) is 50.2 Å². The van der Waals surface area contributed by atoms with Gasteiger partial charge < -0.3 is 10.2 Å². The van der Waals surface area contributed by atoms with Gasteiger partial charge in [0.15, 0.2) is 0 Å². The first kappa shape index (κ1) is 18.1. The van der Waals surface area contributed by atoms with Crippen molar-refractivity contribution in [2.24, 2.45) is 0 Å². The quantitative estimate of drug-likeness (QED) is 0.858. The lowest BCUT2D eigenvalue weighted by Crippen LogP contribution is -2.46. The zero-order valence-corrected chi connectivity index (χ0v) is 16.2. The van der Waals surface area contributed by atoms with Gasteiger partial charge in [-0.25, -0.2) is 4.68 Å². The van der Waals surface area contributed by atoms with Gasteiger partial charge in [0.2, 0.25) is 0 Å². The second kappa shape index (κ2) is 8.15. The van der Waals surface area contributed by atoms with Crippen LogP contribution in [0.3, 0.4) is 0 Å². The average molecular weight is 361 g/mol. The summed E-state index contributed by atoms with van der Waals surface area (Å²) in [5, 5.41) is 10.4. The number of anilines is 1. The summed E-state index contributed by atoms with van der Waals surface area (Å²) in [6, 6.07) is 6.21. The van der Waals surface area contributed by atoms with Crippen LogP contribution in [0.4, 0.5) is 5.82 Å². The Morgan fingerprint density at radius 1 is 1.32 bits per heavy atom. The van der Waals surface area contributed by atoms with Crippen LogP contribution in [-0.2, 0) is 6.54 Å². The van der Waals surface area contributed by atoms with Gasteiger partial charge in [0.1, 0.15) is 5.82 Å². The number of aryl methyl sites for hydroxylation is 1. The molecule has 136 valence electrons. The SMILES string of the molecule is Cc1ccsc1CNCC1CCCCN1c1ccc(=O)n(C(C)C)n1. The Kier molecular flexibility index (Phi) is 5.91. The fourth-order valence-corrected chi connectivity index (χ4v) is 4.27. The molecule has 6 heteroatoms. The molecule has 1 aliphatic heterocycles. The highest BCUT2D eigenvalue weighted by atomic mass is 32.1. The Balaban J connectivity index is 1.69. The van der Waals surface area contributed by atoms with Crippen LogP contribution in [0, 0.1) is 6.92 Å². The molecule has 1 saturated heterocycles. The smallest absolute Gasteiger partial charge is 0.267 e. The van der Waals surface area contributed by atoms with Crippen LogP contribution in [0.1, 0.15) is 49.6 Å². The highest BCUT2D eigenvalue weighted by molar-refractivity contribution is 7.10. The predicted octanol–water partition coefficient (Wildman–Crippen LogP) is 3.34. The highest BCUT2D eigenvalue weighted by Gasteiger charge is 2.24. The van der Waals surface area contributed by atoms with E-state index in [-0.39, 0.29) is 11.6 Å². The van der Waals surface area contributed by atoms with Crippen molar-refractivity contribution >= 4 is 17.2 Å². The van der Waals surface area contributed by atoms with E-state index in [0.717, 1.165) is 25.5 Å². The molecule has 5 nitrogen and oxygen atoms in total. The molecular formula is C19H28N4OS. The third kappa shape index (κ3) is 4.30. The van der Waals surface area contributed by atoms with E-state index in [4.69, 9.17) is 0 Å². The van der Waals surface area contributed by atoms with E-state index in [1.54, 1.807) is 10.7 Å². The van der Waals surface area contributed by atoms with Gasteiger partial charge in [0.05, 0.1) is 6.04 Å². The van der Waals surface area contributed by atoms with Crippen molar-refractivity contribution in [3.63, 3.8) is 0 Å². The summed E-state index contributed by atoms with van der Waals surface area (Å²) in [4.78, 5) is 15.8. The molecule has 0 aliphatic carbocycles. The second-order valence-electron chi connectivity index (χ2n) is 7.07. The van der Waals surface area contributed by atoms with Gasteiger partial charge in [-0.15, -0.1) is 11.3 Å². The zero-order chi connectivity index (χ0) is 17.8. The number of piperidine rings is 1. The third-order valence-electron chi connectivity index (χ3n) is 4.86. The summed E-state index contributed by atoms with van der Waals surface area (Å²) in [7, 11) is 0. The van der Waals surface area contributed by atoms with Gasteiger partial charge >= 0.3 is 0 Å². The Hall–Kier alpha value is -1.66. The lowest BCUT2D eigenvalue weighted by Gasteiger charge is -2.37. The first-order valence-electron chi connectivity index (χ1n) is 9.16. The van der Waals surface area contributed by atoms with Crippen molar-refractivity contribution in [1.29, 1.82) is 0 Å². The largest absolute Gasteiger partial charge is 0.351 e. The van der Waals surface area contributed by atoms with Crippen molar-refractivity contribution in [1.82, 2.24) is 15.1 Å². The van der Waals surface area contributed by atoms with Crippen LogP contribution >= 0.6 is 11.3 Å². The molecule has 0 saturated carbocycles. The van der Waals surface area contributed by atoms with Crippen LogP contribution in [0.25, 0.3) is 0 Å². The number of nitrogens with one attached hydrogen (secondary N) is 1. The van der Waals surface area contributed by atoms with Crippen molar-refractivity contribution in [3.05, 3.63) is 44.4 Å². The molecule has 1 fully saturated rings. The van der Waals surface area contributed by atoms with Crippen LogP contribution in [0.5, 0.6) is 0 Å². The number of rotatable bonds is 6. The summed E-state index contributed by atoms with van der Waals surface area (Å²) in [5.41, 5.74) is 1.34. The third-order valence-corrected chi connectivity index (χ3v) is 5.88. The van der Waals surface area contributed by atoms with Gasteiger partial charge in [-0.2, -0.15) is 5.10 Å². The maximum absolute atomic E-state index is 12.0. The first-order chi connectivity index (χ1) is 12.1. The zero-order valence-electron chi connectivity index (χ0n) is 15.4. The number of aromatic nitrogens is 2. The molecule has 25 heavy (non-hydrogen) atoms. The minimum absolute atomic E-state index is 0.0291. The van der Waals surface area contributed by atoms with Crippen LogP contribution in [-0.4, -0.2) is 28.9 Å². The molecule has 3 rings (SSSR count). The highest BCUT2D eigenvalue weighted by Crippen LogP contribution is 2.23. The molecule has 0 radical (unpaired) electrons. The maximum Gasteiger partial charge on any atom is 0.267 e. The van der Waals surface area contributed by atoms with Gasteiger partial charge in [0.25, 0.3) is 5.56 Å². The van der Waals surface area contributed by atoms with Crippen molar-refractivity contribution in [3.8, 4) is 0 Å². The molecular weight excluding hydrogens is 332 g/mol. The Bertz CT molecular complexity index is 752.